The predicted molar refractivity (Wildman–Crippen MR) is 84.3 cm³/mol. The Balaban J connectivity index is 1.60. The number of likely N-dealkylation sites (tertiary alicyclic amines) is 3. The number of carbonyl (C=O) groups is 2. The number of carbonyl (C=O) groups excluding carboxylic acids is 2. The van der Waals surface area contributed by atoms with Gasteiger partial charge in [0.2, 0.25) is 5.91 Å². The third kappa shape index (κ3) is 3.07. The lowest BCUT2D eigenvalue weighted by Crippen LogP contribution is -2.51. The smallest absolute Gasteiger partial charge is 0.320 e. The van der Waals surface area contributed by atoms with Gasteiger partial charge in [0.25, 0.3) is 0 Å². The first kappa shape index (κ1) is 15.6. The molecule has 2 N–H and O–H groups in total. The second-order valence-electron chi connectivity index (χ2n) is 6.83. The molecule has 3 aliphatic heterocycles. The summed E-state index contributed by atoms with van der Waals surface area (Å²) in [5, 5.41) is 0. The summed E-state index contributed by atoms with van der Waals surface area (Å²) in [4.78, 5) is 31.1. The van der Waals surface area contributed by atoms with Crippen LogP contribution < -0.4 is 5.73 Å². The Morgan fingerprint density at radius 2 is 1.59 bits per heavy atom. The van der Waals surface area contributed by atoms with Crippen LogP contribution in [0.3, 0.4) is 0 Å². The molecule has 0 aromatic carbocycles. The molecule has 124 valence electrons. The molecule has 3 fully saturated rings. The first-order valence-corrected chi connectivity index (χ1v) is 8.75. The van der Waals surface area contributed by atoms with Crippen LogP contribution in [-0.4, -0.2) is 71.9 Å². The number of nitrogens with zero attached hydrogens (tertiary/aromatic N) is 3. The van der Waals surface area contributed by atoms with Gasteiger partial charge in [0, 0.05) is 45.3 Å². The van der Waals surface area contributed by atoms with Gasteiger partial charge in [-0.2, -0.15) is 0 Å². The molecule has 6 nitrogen and oxygen atoms in total. The van der Waals surface area contributed by atoms with Crippen LogP contribution in [0.1, 0.15) is 38.5 Å². The molecule has 0 aromatic rings. The standard InChI is InChI=1S/C16H28N4O2/c17-11-14-6-4-10-20(14)15(21)13-5-3-9-19(12-13)16(22)18-7-1-2-8-18/h13-14H,1-12,17H2. The van der Waals surface area contributed by atoms with E-state index in [0.29, 0.717) is 13.1 Å². The summed E-state index contributed by atoms with van der Waals surface area (Å²) in [6, 6.07) is 0.337. The maximum atomic E-state index is 12.8. The van der Waals surface area contributed by atoms with Crippen LogP contribution in [0.4, 0.5) is 4.79 Å². The summed E-state index contributed by atoms with van der Waals surface area (Å²) >= 11 is 0. The minimum Gasteiger partial charge on any atom is -0.338 e. The highest BCUT2D eigenvalue weighted by molar-refractivity contribution is 5.81. The topological polar surface area (TPSA) is 69.9 Å². The van der Waals surface area contributed by atoms with Crippen molar-refractivity contribution < 1.29 is 9.59 Å². The summed E-state index contributed by atoms with van der Waals surface area (Å²) in [7, 11) is 0. The van der Waals surface area contributed by atoms with Crippen molar-refractivity contribution in [1.29, 1.82) is 0 Å². The minimum absolute atomic E-state index is 0.0348. The van der Waals surface area contributed by atoms with Crippen molar-refractivity contribution >= 4 is 11.9 Å². The van der Waals surface area contributed by atoms with E-state index < -0.39 is 0 Å². The Kier molecular flexibility index (Phi) is 4.86. The van der Waals surface area contributed by atoms with Gasteiger partial charge in [0.15, 0.2) is 0 Å². The third-order valence-corrected chi connectivity index (χ3v) is 5.35. The monoisotopic (exact) mass is 308 g/mol. The van der Waals surface area contributed by atoms with Crippen molar-refractivity contribution in [3.8, 4) is 0 Å². The van der Waals surface area contributed by atoms with Crippen LogP contribution in [0.2, 0.25) is 0 Å². The fraction of sp³-hybridized carbons (Fsp3) is 0.875. The molecule has 0 aromatic heterocycles. The first-order chi connectivity index (χ1) is 10.7. The summed E-state index contributed by atoms with van der Waals surface area (Å²) in [6.45, 7) is 4.50. The van der Waals surface area contributed by atoms with E-state index in [2.05, 4.69) is 0 Å². The largest absolute Gasteiger partial charge is 0.338 e. The number of hydrogen-bond donors (Lipinski definition) is 1. The molecule has 3 heterocycles. The van der Waals surface area contributed by atoms with Gasteiger partial charge in [-0.05, 0) is 38.5 Å². The van der Waals surface area contributed by atoms with Crippen LogP contribution in [0, 0.1) is 5.92 Å². The van der Waals surface area contributed by atoms with Gasteiger partial charge in [-0.15, -0.1) is 0 Å². The van der Waals surface area contributed by atoms with Gasteiger partial charge in [0.05, 0.1) is 5.92 Å². The van der Waals surface area contributed by atoms with E-state index in [9.17, 15) is 9.59 Å². The molecule has 2 unspecified atom stereocenters. The van der Waals surface area contributed by atoms with E-state index in [1.807, 2.05) is 14.7 Å². The second-order valence-corrected chi connectivity index (χ2v) is 6.83. The zero-order valence-corrected chi connectivity index (χ0v) is 13.4. The maximum Gasteiger partial charge on any atom is 0.320 e. The zero-order chi connectivity index (χ0) is 15.5. The highest BCUT2D eigenvalue weighted by atomic mass is 16.2. The molecule has 22 heavy (non-hydrogen) atoms. The van der Waals surface area contributed by atoms with E-state index >= 15 is 0 Å². The summed E-state index contributed by atoms with van der Waals surface area (Å²) in [5.41, 5.74) is 5.78. The van der Waals surface area contributed by atoms with Gasteiger partial charge in [-0.3, -0.25) is 4.79 Å². The van der Waals surface area contributed by atoms with Crippen LogP contribution >= 0.6 is 0 Å². The second kappa shape index (κ2) is 6.86. The minimum atomic E-state index is -0.0348. The molecule has 3 aliphatic rings. The van der Waals surface area contributed by atoms with Crippen molar-refractivity contribution in [3.63, 3.8) is 0 Å². The highest BCUT2D eigenvalue weighted by Gasteiger charge is 2.36. The average Bonchev–Trinajstić information content (AvgIpc) is 3.24. The number of urea groups is 1. The lowest BCUT2D eigenvalue weighted by atomic mass is 9.96. The van der Waals surface area contributed by atoms with Crippen molar-refractivity contribution in [2.45, 2.75) is 44.6 Å². The molecular weight excluding hydrogens is 280 g/mol. The quantitative estimate of drug-likeness (QED) is 0.823. The lowest BCUT2D eigenvalue weighted by molar-refractivity contribution is -0.137. The maximum absolute atomic E-state index is 12.8. The average molecular weight is 308 g/mol. The van der Waals surface area contributed by atoms with Crippen LogP contribution in [0.5, 0.6) is 0 Å². The predicted octanol–water partition coefficient (Wildman–Crippen LogP) is 0.864. The molecule has 2 atom stereocenters. The molecule has 0 radical (unpaired) electrons. The summed E-state index contributed by atoms with van der Waals surface area (Å²) in [5.74, 6) is 0.180. The molecule has 0 saturated carbocycles. The fourth-order valence-electron chi connectivity index (χ4n) is 4.07. The van der Waals surface area contributed by atoms with Crippen LogP contribution in [-0.2, 0) is 4.79 Å². The van der Waals surface area contributed by atoms with Gasteiger partial charge in [-0.1, -0.05) is 0 Å². The normalized spacial score (nSPS) is 29.2. The van der Waals surface area contributed by atoms with E-state index in [-0.39, 0.29) is 23.9 Å². The Labute approximate surface area is 132 Å². The van der Waals surface area contributed by atoms with Gasteiger partial charge in [0.1, 0.15) is 0 Å². The Hall–Kier alpha value is -1.30. The molecule has 0 spiro atoms. The SMILES string of the molecule is NCC1CCCN1C(=O)C1CCCN(C(=O)N2CCCC2)C1. The van der Waals surface area contributed by atoms with Gasteiger partial charge in [-0.25, -0.2) is 4.79 Å². The van der Waals surface area contributed by atoms with Crippen molar-refractivity contribution in [2.75, 3.05) is 39.3 Å². The number of rotatable bonds is 2. The molecule has 0 bridgehead atoms. The number of amides is 3. The van der Waals surface area contributed by atoms with Crippen molar-refractivity contribution in [1.82, 2.24) is 14.7 Å². The van der Waals surface area contributed by atoms with E-state index in [4.69, 9.17) is 5.73 Å². The first-order valence-electron chi connectivity index (χ1n) is 8.75. The van der Waals surface area contributed by atoms with Crippen LogP contribution in [0.15, 0.2) is 0 Å². The Morgan fingerprint density at radius 1 is 0.909 bits per heavy atom. The van der Waals surface area contributed by atoms with Gasteiger partial charge >= 0.3 is 6.03 Å². The van der Waals surface area contributed by atoms with Crippen molar-refractivity contribution in [3.05, 3.63) is 0 Å². The molecule has 3 amide bonds. The third-order valence-electron chi connectivity index (χ3n) is 5.35. The Bertz CT molecular complexity index is 422. The molecule has 3 rings (SSSR count). The number of piperidine rings is 1. The lowest BCUT2D eigenvalue weighted by Gasteiger charge is -2.37. The van der Waals surface area contributed by atoms with Crippen LogP contribution in [0.25, 0.3) is 0 Å². The van der Waals surface area contributed by atoms with E-state index in [1.165, 1.54) is 0 Å². The Morgan fingerprint density at radius 3 is 2.32 bits per heavy atom. The van der Waals surface area contributed by atoms with E-state index in [0.717, 1.165) is 64.7 Å². The van der Waals surface area contributed by atoms with Crippen molar-refractivity contribution in [2.24, 2.45) is 11.7 Å². The molecule has 3 saturated heterocycles. The fourth-order valence-corrected chi connectivity index (χ4v) is 4.07. The number of nitrogens with two attached hydrogens (primary N) is 1. The molecule has 0 aliphatic carbocycles. The molecular formula is C16H28N4O2. The summed E-state index contributed by atoms with van der Waals surface area (Å²) in [6.07, 6.45) is 6.11. The number of hydrogen-bond acceptors (Lipinski definition) is 3. The summed E-state index contributed by atoms with van der Waals surface area (Å²) < 4.78 is 0. The van der Waals surface area contributed by atoms with E-state index in [1.54, 1.807) is 0 Å². The highest BCUT2D eigenvalue weighted by Crippen LogP contribution is 2.25. The molecule has 6 heteroatoms. The van der Waals surface area contributed by atoms with Gasteiger partial charge < -0.3 is 20.4 Å². The zero-order valence-electron chi connectivity index (χ0n) is 13.4.